The lowest BCUT2D eigenvalue weighted by molar-refractivity contribution is 0.108. The van der Waals surface area contributed by atoms with Crippen molar-refractivity contribution in [1.29, 1.82) is 0 Å². The predicted octanol–water partition coefficient (Wildman–Crippen LogP) is 3.53. The zero-order valence-electron chi connectivity index (χ0n) is 8.43. The van der Waals surface area contributed by atoms with Crippen LogP contribution in [0.4, 0.5) is 0 Å². The summed E-state index contributed by atoms with van der Waals surface area (Å²) in [6, 6.07) is 0. The molecular formula is C10H16ClNO. The summed E-state index contributed by atoms with van der Waals surface area (Å²) in [5.74, 6) is 0.577. The molecule has 2 nitrogen and oxygen atoms in total. The number of halogens is 1. The van der Waals surface area contributed by atoms with Gasteiger partial charge in [0.2, 0.25) is 0 Å². The number of rotatable bonds is 1. The average molecular weight is 202 g/mol. The highest BCUT2D eigenvalue weighted by Gasteiger charge is 2.70. The molecule has 0 aromatic carbocycles. The van der Waals surface area contributed by atoms with E-state index in [1.54, 1.807) is 0 Å². The van der Waals surface area contributed by atoms with Gasteiger partial charge in [0.25, 0.3) is 0 Å². The number of nitrogens with zero attached hydrogens (tertiary/aromatic N) is 1. The fourth-order valence-corrected chi connectivity index (χ4v) is 3.76. The molecule has 2 bridgehead atoms. The third-order valence-corrected chi connectivity index (χ3v) is 5.55. The Labute approximate surface area is 84.0 Å². The van der Waals surface area contributed by atoms with Crippen LogP contribution in [0, 0.1) is 21.7 Å². The second-order valence-corrected chi connectivity index (χ2v) is 5.98. The smallest absolute Gasteiger partial charge is 0.149 e. The molecule has 0 aliphatic heterocycles. The first-order valence-corrected chi connectivity index (χ1v) is 5.29. The fraction of sp³-hybridized carbons (Fsp3) is 1.00. The molecular weight excluding hydrogens is 186 g/mol. The summed E-state index contributed by atoms with van der Waals surface area (Å²) in [5.41, 5.74) is -0.201. The Hall–Kier alpha value is -0.110. The van der Waals surface area contributed by atoms with Crippen LogP contribution in [0.5, 0.6) is 0 Å². The highest BCUT2D eigenvalue weighted by Crippen LogP contribution is 2.71. The number of nitroso groups, excluding NO2 is 1. The van der Waals surface area contributed by atoms with Crippen LogP contribution in [0.1, 0.15) is 40.0 Å². The lowest BCUT2D eigenvalue weighted by Gasteiger charge is -2.44. The number of hydrogen-bond acceptors (Lipinski definition) is 2. The molecule has 2 rings (SSSR count). The molecule has 0 aromatic rings. The molecule has 3 atom stereocenters. The third kappa shape index (κ3) is 0.810. The van der Waals surface area contributed by atoms with Crippen molar-refractivity contribution in [2.45, 2.75) is 45.0 Å². The van der Waals surface area contributed by atoms with Crippen molar-refractivity contribution in [3.8, 4) is 0 Å². The third-order valence-electron chi connectivity index (χ3n) is 4.54. The Morgan fingerprint density at radius 3 is 2.31 bits per heavy atom. The van der Waals surface area contributed by atoms with Gasteiger partial charge in [0, 0.05) is 10.8 Å². The molecule has 74 valence electrons. The molecule has 0 amide bonds. The van der Waals surface area contributed by atoms with Gasteiger partial charge >= 0.3 is 0 Å². The topological polar surface area (TPSA) is 29.4 Å². The summed E-state index contributed by atoms with van der Waals surface area (Å²) in [4.78, 5) is 10.1. The maximum absolute atomic E-state index is 11.0. The lowest BCUT2D eigenvalue weighted by Crippen LogP contribution is -2.47. The molecule has 2 aliphatic carbocycles. The van der Waals surface area contributed by atoms with Gasteiger partial charge < -0.3 is 0 Å². The van der Waals surface area contributed by atoms with Crippen molar-refractivity contribution in [2.75, 3.05) is 0 Å². The van der Waals surface area contributed by atoms with Gasteiger partial charge in [-0.05, 0) is 30.4 Å². The Kier molecular flexibility index (Phi) is 1.65. The van der Waals surface area contributed by atoms with Crippen LogP contribution in [0.3, 0.4) is 0 Å². The molecule has 0 saturated heterocycles. The fourth-order valence-electron chi connectivity index (χ4n) is 3.43. The molecule has 0 spiro atoms. The van der Waals surface area contributed by atoms with E-state index in [1.807, 2.05) is 0 Å². The quantitative estimate of drug-likeness (QED) is 0.363. The minimum absolute atomic E-state index is 0.0650. The summed E-state index contributed by atoms with van der Waals surface area (Å²) in [6.45, 7) is 6.27. The van der Waals surface area contributed by atoms with E-state index in [0.29, 0.717) is 5.92 Å². The van der Waals surface area contributed by atoms with E-state index in [9.17, 15) is 4.91 Å². The van der Waals surface area contributed by atoms with Gasteiger partial charge in [0.15, 0.2) is 5.00 Å². The van der Waals surface area contributed by atoms with Gasteiger partial charge in [-0.25, -0.2) is 0 Å². The first-order valence-electron chi connectivity index (χ1n) is 4.91. The van der Waals surface area contributed by atoms with Crippen LogP contribution >= 0.6 is 11.6 Å². The summed E-state index contributed by atoms with van der Waals surface area (Å²) in [7, 11) is 0. The normalized spacial score (nSPS) is 52.5. The van der Waals surface area contributed by atoms with Crippen LogP contribution < -0.4 is 0 Å². The molecule has 0 unspecified atom stereocenters. The molecule has 0 N–H and O–H groups in total. The van der Waals surface area contributed by atoms with Crippen molar-refractivity contribution in [3.63, 3.8) is 0 Å². The molecule has 13 heavy (non-hydrogen) atoms. The standard InChI is InChI=1S/C10H16ClNO/c1-8(2)7-4-5-9(3,6-7)10(8,11)12-13/h7H,4-6H2,1-3H3/t7-,9+,10-/m0/s1. The Morgan fingerprint density at radius 2 is 2.00 bits per heavy atom. The summed E-state index contributed by atoms with van der Waals surface area (Å²) in [6.07, 6.45) is 3.32. The maximum Gasteiger partial charge on any atom is 0.186 e. The number of fused-ring (bicyclic) bond motifs is 2. The Balaban J connectivity index is 2.51. The molecule has 2 fully saturated rings. The highest BCUT2D eigenvalue weighted by atomic mass is 35.5. The van der Waals surface area contributed by atoms with Gasteiger partial charge in [-0.1, -0.05) is 32.4 Å². The highest BCUT2D eigenvalue weighted by molar-refractivity contribution is 6.25. The average Bonchev–Trinajstić information content (AvgIpc) is 2.51. The van der Waals surface area contributed by atoms with Gasteiger partial charge in [0.05, 0.1) is 0 Å². The SMILES string of the molecule is CC1(C)[C@H]2CC[C@](C)(C2)[C@@]1(Cl)N=O. The van der Waals surface area contributed by atoms with E-state index in [0.717, 1.165) is 12.8 Å². The second kappa shape index (κ2) is 2.28. The van der Waals surface area contributed by atoms with Crippen LogP contribution in [-0.4, -0.2) is 5.00 Å². The van der Waals surface area contributed by atoms with Crippen LogP contribution in [0.15, 0.2) is 5.18 Å². The zero-order valence-corrected chi connectivity index (χ0v) is 9.19. The minimum Gasteiger partial charge on any atom is -0.149 e. The van der Waals surface area contributed by atoms with Gasteiger partial charge in [0.1, 0.15) is 0 Å². The summed E-state index contributed by atoms with van der Waals surface area (Å²) >= 11 is 6.41. The minimum atomic E-state index is -0.872. The van der Waals surface area contributed by atoms with Gasteiger partial charge in [-0.3, -0.25) is 0 Å². The van der Waals surface area contributed by atoms with E-state index < -0.39 is 5.00 Å². The Morgan fingerprint density at radius 1 is 1.38 bits per heavy atom. The molecule has 0 aromatic heterocycles. The van der Waals surface area contributed by atoms with Crippen molar-refractivity contribution < 1.29 is 0 Å². The van der Waals surface area contributed by atoms with Crippen molar-refractivity contribution in [2.24, 2.45) is 21.9 Å². The second-order valence-electron chi connectivity index (χ2n) is 5.44. The van der Waals surface area contributed by atoms with Gasteiger partial charge in [-0.15, -0.1) is 4.91 Å². The van der Waals surface area contributed by atoms with Crippen LogP contribution in [0.2, 0.25) is 0 Å². The first kappa shape index (κ1) is 9.45. The maximum atomic E-state index is 11.0. The van der Waals surface area contributed by atoms with E-state index in [4.69, 9.17) is 11.6 Å². The van der Waals surface area contributed by atoms with Crippen molar-refractivity contribution in [3.05, 3.63) is 4.91 Å². The van der Waals surface area contributed by atoms with Crippen molar-refractivity contribution >= 4 is 11.6 Å². The largest absolute Gasteiger partial charge is 0.186 e. The molecule has 0 heterocycles. The number of hydrogen-bond donors (Lipinski definition) is 0. The van der Waals surface area contributed by atoms with E-state index in [2.05, 4.69) is 25.9 Å². The lowest BCUT2D eigenvalue weighted by atomic mass is 9.68. The molecule has 2 saturated carbocycles. The van der Waals surface area contributed by atoms with Crippen molar-refractivity contribution in [1.82, 2.24) is 0 Å². The predicted molar refractivity (Wildman–Crippen MR) is 53.6 cm³/mol. The van der Waals surface area contributed by atoms with Crippen LogP contribution in [-0.2, 0) is 0 Å². The van der Waals surface area contributed by atoms with E-state index in [1.165, 1.54) is 6.42 Å². The summed E-state index contributed by atoms with van der Waals surface area (Å²) in [5, 5.41) is 3.24. The van der Waals surface area contributed by atoms with E-state index >= 15 is 0 Å². The monoisotopic (exact) mass is 201 g/mol. The van der Waals surface area contributed by atoms with Crippen LogP contribution in [0.25, 0.3) is 0 Å². The first-order chi connectivity index (χ1) is 5.87. The van der Waals surface area contributed by atoms with Gasteiger partial charge in [-0.2, -0.15) is 0 Å². The van der Waals surface area contributed by atoms with E-state index in [-0.39, 0.29) is 10.8 Å². The summed E-state index contributed by atoms with van der Waals surface area (Å²) < 4.78 is 0. The zero-order chi connectivity index (χ0) is 9.91. The molecule has 3 heteroatoms. The molecule has 0 radical (unpaired) electrons. The number of alkyl halides is 1. The molecule has 2 aliphatic rings. The Bertz CT molecular complexity index is 259.